The van der Waals surface area contributed by atoms with E-state index in [1.807, 2.05) is 18.2 Å². The first-order valence-corrected chi connectivity index (χ1v) is 11.8. The zero-order valence-corrected chi connectivity index (χ0v) is 19.3. The molecule has 0 bridgehead atoms. The number of hydrogen-bond acceptors (Lipinski definition) is 8. The van der Waals surface area contributed by atoms with E-state index in [0.29, 0.717) is 36.1 Å². The maximum Gasteiger partial charge on any atom is 0.228 e. The number of hydrogen-bond donors (Lipinski definition) is 1. The number of anilines is 2. The maximum atomic E-state index is 12.7. The van der Waals surface area contributed by atoms with Crippen LogP contribution in [0.4, 0.5) is 10.3 Å². The SMILES string of the molecule is COc1cccc(CNC(=O)C2CCN(c3nnc(N4CCCCC4=O)s3)CC2)c1OC. The van der Waals surface area contributed by atoms with Gasteiger partial charge in [-0.2, -0.15) is 0 Å². The highest BCUT2D eigenvalue weighted by atomic mass is 32.1. The summed E-state index contributed by atoms with van der Waals surface area (Å²) in [5.74, 6) is 1.42. The van der Waals surface area contributed by atoms with Crippen LogP contribution in [0.15, 0.2) is 18.2 Å². The van der Waals surface area contributed by atoms with E-state index in [4.69, 9.17) is 9.47 Å². The number of para-hydroxylation sites is 1. The second kappa shape index (κ2) is 10.2. The smallest absolute Gasteiger partial charge is 0.228 e. The fourth-order valence-corrected chi connectivity index (χ4v) is 5.15. The average Bonchev–Trinajstić information content (AvgIpc) is 3.32. The van der Waals surface area contributed by atoms with Gasteiger partial charge < -0.3 is 19.7 Å². The lowest BCUT2D eigenvalue weighted by Crippen LogP contribution is -2.40. The van der Waals surface area contributed by atoms with Crippen molar-refractivity contribution in [1.82, 2.24) is 15.5 Å². The molecule has 10 heteroatoms. The van der Waals surface area contributed by atoms with Gasteiger partial charge in [0.2, 0.25) is 22.1 Å². The van der Waals surface area contributed by atoms with Gasteiger partial charge in [-0.25, -0.2) is 0 Å². The molecule has 172 valence electrons. The molecule has 32 heavy (non-hydrogen) atoms. The van der Waals surface area contributed by atoms with Crippen molar-refractivity contribution in [2.24, 2.45) is 5.92 Å². The van der Waals surface area contributed by atoms with Crippen molar-refractivity contribution in [3.63, 3.8) is 0 Å². The van der Waals surface area contributed by atoms with Gasteiger partial charge in [0.1, 0.15) is 0 Å². The van der Waals surface area contributed by atoms with Gasteiger partial charge in [0.25, 0.3) is 0 Å². The van der Waals surface area contributed by atoms with Crippen LogP contribution in [0.1, 0.15) is 37.7 Å². The first kappa shape index (κ1) is 22.3. The molecule has 2 fully saturated rings. The molecular formula is C22H29N5O4S. The van der Waals surface area contributed by atoms with Crippen molar-refractivity contribution < 1.29 is 19.1 Å². The zero-order valence-electron chi connectivity index (χ0n) is 18.5. The summed E-state index contributed by atoms with van der Waals surface area (Å²) in [6.07, 6.45) is 4.03. The second-order valence-corrected chi connectivity index (χ2v) is 8.94. The standard InChI is InChI=1S/C22H29N5O4S/c1-30-17-7-5-6-16(19(17)31-2)14-23-20(29)15-9-12-26(13-10-15)21-24-25-22(32-21)27-11-4-3-8-18(27)28/h5-7,15H,3-4,8-14H2,1-2H3,(H,23,29). The molecule has 2 aliphatic heterocycles. The van der Waals surface area contributed by atoms with Crippen molar-refractivity contribution >= 4 is 33.4 Å². The Morgan fingerprint density at radius 2 is 1.91 bits per heavy atom. The number of carbonyl (C=O) groups is 2. The van der Waals surface area contributed by atoms with Crippen LogP contribution >= 0.6 is 11.3 Å². The van der Waals surface area contributed by atoms with Gasteiger partial charge in [0.05, 0.1) is 14.2 Å². The van der Waals surface area contributed by atoms with E-state index in [1.54, 1.807) is 19.1 Å². The number of aromatic nitrogens is 2. The highest BCUT2D eigenvalue weighted by Gasteiger charge is 2.28. The third kappa shape index (κ3) is 4.79. The molecule has 2 saturated heterocycles. The number of nitrogens with one attached hydrogen (secondary N) is 1. The summed E-state index contributed by atoms with van der Waals surface area (Å²) >= 11 is 1.46. The minimum atomic E-state index is -0.0427. The van der Waals surface area contributed by atoms with E-state index in [9.17, 15) is 9.59 Å². The lowest BCUT2D eigenvalue weighted by Gasteiger charge is -2.30. The Kier molecular flexibility index (Phi) is 7.09. The molecule has 2 aromatic rings. The predicted octanol–water partition coefficient (Wildman–Crippen LogP) is 2.61. The molecule has 0 saturated carbocycles. The summed E-state index contributed by atoms with van der Waals surface area (Å²) in [6.45, 7) is 2.59. The monoisotopic (exact) mass is 459 g/mol. The lowest BCUT2D eigenvalue weighted by atomic mass is 9.96. The molecule has 0 radical (unpaired) electrons. The Balaban J connectivity index is 1.29. The minimum Gasteiger partial charge on any atom is -0.493 e. The summed E-state index contributed by atoms with van der Waals surface area (Å²) in [7, 11) is 3.19. The van der Waals surface area contributed by atoms with Crippen LogP contribution in [0.25, 0.3) is 0 Å². The summed E-state index contributed by atoms with van der Waals surface area (Å²) in [4.78, 5) is 28.8. The highest BCUT2D eigenvalue weighted by molar-refractivity contribution is 7.19. The molecular weight excluding hydrogens is 430 g/mol. The number of ether oxygens (including phenoxy) is 2. The number of piperidine rings is 2. The van der Waals surface area contributed by atoms with E-state index < -0.39 is 0 Å². The van der Waals surface area contributed by atoms with Crippen molar-refractivity contribution in [3.8, 4) is 11.5 Å². The van der Waals surface area contributed by atoms with E-state index in [1.165, 1.54) is 11.3 Å². The molecule has 0 unspecified atom stereocenters. The van der Waals surface area contributed by atoms with Crippen LogP contribution in [0.3, 0.4) is 0 Å². The van der Waals surface area contributed by atoms with Gasteiger partial charge in [-0.05, 0) is 31.7 Å². The summed E-state index contributed by atoms with van der Waals surface area (Å²) < 4.78 is 10.8. The number of benzene rings is 1. The van der Waals surface area contributed by atoms with Gasteiger partial charge in [-0.1, -0.05) is 23.5 Å². The lowest BCUT2D eigenvalue weighted by molar-refractivity contribution is -0.125. The van der Waals surface area contributed by atoms with Crippen molar-refractivity contribution in [2.75, 3.05) is 43.7 Å². The van der Waals surface area contributed by atoms with Gasteiger partial charge in [-0.3, -0.25) is 14.5 Å². The number of amides is 2. The molecule has 1 aromatic carbocycles. The Bertz CT molecular complexity index is 958. The van der Waals surface area contributed by atoms with E-state index >= 15 is 0 Å². The molecule has 2 amide bonds. The van der Waals surface area contributed by atoms with Crippen LogP contribution in [-0.4, -0.2) is 55.9 Å². The quantitative estimate of drug-likeness (QED) is 0.680. The normalized spacial score (nSPS) is 17.4. The van der Waals surface area contributed by atoms with Gasteiger partial charge in [-0.15, -0.1) is 10.2 Å². The number of methoxy groups -OCH3 is 2. The van der Waals surface area contributed by atoms with Crippen LogP contribution in [0.2, 0.25) is 0 Å². The summed E-state index contributed by atoms with van der Waals surface area (Å²) in [5.41, 5.74) is 0.881. The predicted molar refractivity (Wildman–Crippen MR) is 122 cm³/mol. The molecule has 1 aromatic heterocycles. The van der Waals surface area contributed by atoms with Crippen LogP contribution in [0, 0.1) is 5.92 Å². The Labute approximate surface area is 191 Å². The van der Waals surface area contributed by atoms with Gasteiger partial charge >= 0.3 is 0 Å². The van der Waals surface area contributed by atoms with Crippen molar-refractivity contribution in [1.29, 1.82) is 0 Å². The Morgan fingerprint density at radius 3 is 2.62 bits per heavy atom. The molecule has 0 aliphatic carbocycles. The first-order valence-electron chi connectivity index (χ1n) is 11.0. The second-order valence-electron chi connectivity index (χ2n) is 8.00. The fraction of sp³-hybridized carbons (Fsp3) is 0.545. The fourth-order valence-electron chi connectivity index (χ4n) is 4.21. The van der Waals surface area contributed by atoms with Crippen molar-refractivity contribution in [2.45, 2.75) is 38.6 Å². The van der Waals surface area contributed by atoms with Gasteiger partial charge in [0, 0.05) is 44.1 Å². The average molecular weight is 460 g/mol. The van der Waals surface area contributed by atoms with E-state index in [2.05, 4.69) is 20.4 Å². The number of carbonyl (C=O) groups excluding carboxylic acids is 2. The summed E-state index contributed by atoms with van der Waals surface area (Å²) in [6, 6.07) is 5.64. The maximum absolute atomic E-state index is 12.7. The molecule has 9 nitrogen and oxygen atoms in total. The van der Waals surface area contributed by atoms with Crippen LogP contribution in [-0.2, 0) is 16.1 Å². The molecule has 4 rings (SSSR count). The first-order chi connectivity index (χ1) is 15.6. The third-order valence-electron chi connectivity index (χ3n) is 6.03. The molecule has 1 N–H and O–H groups in total. The molecule has 0 atom stereocenters. The Hall–Kier alpha value is -2.88. The minimum absolute atomic E-state index is 0.0427. The van der Waals surface area contributed by atoms with E-state index in [-0.39, 0.29) is 17.7 Å². The molecule has 2 aliphatic rings. The summed E-state index contributed by atoms with van der Waals surface area (Å²) in [5, 5.41) is 13.1. The zero-order chi connectivity index (χ0) is 22.5. The highest BCUT2D eigenvalue weighted by Crippen LogP contribution is 2.33. The number of rotatable bonds is 7. The van der Waals surface area contributed by atoms with Crippen molar-refractivity contribution in [3.05, 3.63) is 23.8 Å². The van der Waals surface area contributed by atoms with E-state index in [0.717, 1.165) is 49.5 Å². The topological polar surface area (TPSA) is 96.9 Å². The molecule has 3 heterocycles. The van der Waals surface area contributed by atoms with Gasteiger partial charge in [0.15, 0.2) is 11.5 Å². The molecule has 0 spiro atoms. The Morgan fingerprint density at radius 1 is 1.12 bits per heavy atom. The van der Waals surface area contributed by atoms with Crippen LogP contribution < -0.4 is 24.6 Å². The largest absolute Gasteiger partial charge is 0.493 e. The number of nitrogens with zero attached hydrogens (tertiary/aromatic N) is 4. The third-order valence-corrected chi connectivity index (χ3v) is 7.04. The van der Waals surface area contributed by atoms with Crippen LogP contribution in [0.5, 0.6) is 11.5 Å².